The van der Waals surface area contributed by atoms with Crippen molar-refractivity contribution in [1.29, 1.82) is 0 Å². The third-order valence-corrected chi connectivity index (χ3v) is 2.33. The highest BCUT2D eigenvalue weighted by Crippen LogP contribution is 2.18. The summed E-state index contributed by atoms with van der Waals surface area (Å²) >= 11 is 5.77. The van der Waals surface area contributed by atoms with Crippen molar-refractivity contribution in [2.45, 2.75) is 13.1 Å². The maximum Gasteiger partial charge on any atom is 0.405 e. The summed E-state index contributed by atoms with van der Waals surface area (Å²) in [5.41, 5.74) is 1.22. The molecule has 0 fully saturated rings. The molecule has 1 rings (SSSR count). The van der Waals surface area contributed by atoms with Gasteiger partial charge in [-0.15, -0.1) is 0 Å². The van der Waals surface area contributed by atoms with Gasteiger partial charge in [-0.3, -0.25) is 4.79 Å². The van der Waals surface area contributed by atoms with Crippen molar-refractivity contribution in [3.8, 4) is 0 Å². The Kier molecular flexibility index (Phi) is 4.78. The summed E-state index contributed by atoms with van der Waals surface area (Å²) < 4.78 is 35.6. The first kappa shape index (κ1) is 14.6. The van der Waals surface area contributed by atoms with E-state index in [-0.39, 0.29) is 0 Å². The van der Waals surface area contributed by atoms with Crippen LogP contribution in [-0.2, 0) is 4.79 Å². The zero-order chi connectivity index (χ0) is 13.8. The highest BCUT2D eigenvalue weighted by Gasteiger charge is 2.27. The Bertz CT molecular complexity index is 469. The van der Waals surface area contributed by atoms with Crippen LogP contribution in [0.15, 0.2) is 30.3 Å². The van der Waals surface area contributed by atoms with Crippen LogP contribution in [0.25, 0.3) is 5.57 Å². The van der Waals surface area contributed by atoms with Gasteiger partial charge in [-0.2, -0.15) is 13.2 Å². The zero-order valence-electron chi connectivity index (χ0n) is 9.51. The van der Waals surface area contributed by atoms with Crippen molar-refractivity contribution in [3.05, 3.63) is 40.9 Å². The lowest BCUT2D eigenvalue weighted by molar-refractivity contribution is -0.135. The molecule has 1 amide bonds. The third kappa shape index (κ3) is 5.23. The van der Waals surface area contributed by atoms with Gasteiger partial charge in [0.1, 0.15) is 6.54 Å². The molecule has 0 saturated carbocycles. The van der Waals surface area contributed by atoms with E-state index in [1.807, 2.05) is 0 Å². The summed E-state index contributed by atoms with van der Waals surface area (Å²) in [5, 5.41) is 2.26. The summed E-state index contributed by atoms with van der Waals surface area (Å²) in [6.45, 7) is 0.282. The number of hydrogen-bond donors (Lipinski definition) is 1. The van der Waals surface area contributed by atoms with E-state index in [1.54, 1.807) is 36.5 Å². The molecule has 0 radical (unpaired) electrons. The molecule has 0 aliphatic rings. The smallest absolute Gasteiger partial charge is 0.343 e. The van der Waals surface area contributed by atoms with E-state index < -0.39 is 18.6 Å². The summed E-state index contributed by atoms with van der Waals surface area (Å²) in [6.07, 6.45) is -3.30. The number of allylic oxidation sites excluding steroid dienone is 1. The Morgan fingerprint density at radius 3 is 2.67 bits per heavy atom. The van der Waals surface area contributed by atoms with Crippen molar-refractivity contribution in [2.24, 2.45) is 0 Å². The summed E-state index contributed by atoms with van der Waals surface area (Å²) in [6, 6.07) is 6.71. The largest absolute Gasteiger partial charge is 0.405 e. The lowest BCUT2D eigenvalue weighted by Gasteiger charge is -2.07. The minimum atomic E-state index is -4.41. The van der Waals surface area contributed by atoms with Gasteiger partial charge >= 0.3 is 6.18 Å². The first-order valence-corrected chi connectivity index (χ1v) is 5.44. The molecule has 0 spiro atoms. The van der Waals surface area contributed by atoms with Crippen LogP contribution < -0.4 is 5.32 Å². The second kappa shape index (κ2) is 5.91. The predicted octanol–water partition coefficient (Wildman–Crippen LogP) is 3.42. The van der Waals surface area contributed by atoms with Crippen LogP contribution in [0.2, 0.25) is 5.02 Å². The Morgan fingerprint density at radius 1 is 1.44 bits per heavy atom. The first-order chi connectivity index (χ1) is 8.28. The highest BCUT2D eigenvalue weighted by atomic mass is 35.5. The Hall–Kier alpha value is -1.49. The van der Waals surface area contributed by atoms with Gasteiger partial charge in [-0.05, 0) is 30.2 Å². The van der Waals surface area contributed by atoms with Crippen molar-refractivity contribution < 1.29 is 18.0 Å². The predicted molar refractivity (Wildman–Crippen MR) is 64.2 cm³/mol. The van der Waals surface area contributed by atoms with Crippen LogP contribution in [0.3, 0.4) is 0 Å². The monoisotopic (exact) mass is 277 g/mol. The quantitative estimate of drug-likeness (QED) is 0.843. The molecule has 0 heterocycles. The molecule has 0 atom stereocenters. The maximum absolute atomic E-state index is 11.9. The van der Waals surface area contributed by atoms with Crippen molar-refractivity contribution in [1.82, 2.24) is 5.32 Å². The number of amides is 1. The minimum Gasteiger partial charge on any atom is -0.343 e. The normalized spacial score (nSPS) is 12.4. The van der Waals surface area contributed by atoms with Gasteiger partial charge in [0.05, 0.1) is 0 Å². The second-order valence-corrected chi connectivity index (χ2v) is 4.11. The number of halogens is 4. The Morgan fingerprint density at radius 2 is 2.11 bits per heavy atom. The Labute approximate surface area is 107 Å². The molecule has 98 valence electrons. The molecule has 1 N–H and O–H groups in total. The molecule has 0 aromatic heterocycles. The fourth-order valence-electron chi connectivity index (χ4n) is 1.25. The molecule has 1 aromatic rings. The van der Waals surface area contributed by atoms with Crippen molar-refractivity contribution in [3.63, 3.8) is 0 Å². The first-order valence-electron chi connectivity index (χ1n) is 5.07. The number of alkyl halides is 3. The molecule has 1 aromatic carbocycles. The van der Waals surface area contributed by atoms with Gasteiger partial charge in [0.25, 0.3) is 0 Å². The molecule has 0 bridgehead atoms. The van der Waals surface area contributed by atoms with Crippen LogP contribution in [0.5, 0.6) is 0 Å². The van der Waals surface area contributed by atoms with Gasteiger partial charge in [0, 0.05) is 11.1 Å². The standard InChI is InChI=1S/C12H11ClF3NO/c1-8(9-3-2-4-10(13)6-9)5-11(18)17-7-12(14,15)16/h2-6H,7H2,1H3,(H,17,18)/b8-5-. The molecule has 2 nitrogen and oxygen atoms in total. The van der Waals surface area contributed by atoms with E-state index in [9.17, 15) is 18.0 Å². The molecule has 0 aliphatic heterocycles. The van der Waals surface area contributed by atoms with Crippen molar-refractivity contribution in [2.75, 3.05) is 6.54 Å². The van der Waals surface area contributed by atoms with Gasteiger partial charge in [-0.1, -0.05) is 23.7 Å². The fraction of sp³-hybridized carbons (Fsp3) is 0.250. The number of hydrogen-bond acceptors (Lipinski definition) is 1. The van der Waals surface area contributed by atoms with E-state index in [2.05, 4.69) is 0 Å². The molecule has 6 heteroatoms. The van der Waals surface area contributed by atoms with Crippen molar-refractivity contribution >= 4 is 23.1 Å². The van der Waals surface area contributed by atoms with Gasteiger partial charge < -0.3 is 5.32 Å². The Balaban J connectivity index is 2.69. The fourth-order valence-corrected chi connectivity index (χ4v) is 1.44. The summed E-state index contributed by atoms with van der Waals surface area (Å²) in [4.78, 5) is 11.2. The van der Waals surface area contributed by atoms with Gasteiger partial charge in [-0.25, -0.2) is 0 Å². The van der Waals surface area contributed by atoms with E-state index in [0.717, 1.165) is 6.08 Å². The third-order valence-electron chi connectivity index (χ3n) is 2.09. The molecule has 18 heavy (non-hydrogen) atoms. The SMILES string of the molecule is C/C(=C/C(=O)NCC(F)(F)F)c1cccc(Cl)c1. The van der Waals surface area contributed by atoms with Gasteiger partial charge in [0.15, 0.2) is 0 Å². The molecule has 0 unspecified atom stereocenters. The number of carbonyl (C=O) groups is 1. The minimum absolute atomic E-state index is 0.496. The average Bonchev–Trinajstić information content (AvgIpc) is 2.25. The lowest BCUT2D eigenvalue weighted by Crippen LogP contribution is -2.32. The summed E-state index contributed by atoms with van der Waals surface area (Å²) in [7, 11) is 0. The number of carbonyl (C=O) groups excluding carboxylic acids is 1. The van der Waals surface area contributed by atoms with E-state index in [4.69, 9.17) is 11.6 Å². The lowest BCUT2D eigenvalue weighted by atomic mass is 10.1. The van der Waals surface area contributed by atoms with E-state index in [1.165, 1.54) is 0 Å². The van der Waals surface area contributed by atoms with E-state index in [0.29, 0.717) is 16.2 Å². The van der Waals surface area contributed by atoms with E-state index >= 15 is 0 Å². The number of rotatable bonds is 3. The summed E-state index contributed by atoms with van der Waals surface area (Å²) in [5.74, 6) is -0.787. The van der Waals surface area contributed by atoms with Crippen LogP contribution in [0.4, 0.5) is 13.2 Å². The highest BCUT2D eigenvalue weighted by molar-refractivity contribution is 6.30. The molecule has 0 saturated heterocycles. The second-order valence-electron chi connectivity index (χ2n) is 3.67. The topological polar surface area (TPSA) is 29.1 Å². The number of benzene rings is 1. The molecular weight excluding hydrogens is 267 g/mol. The molecule has 0 aliphatic carbocycles. The van der Waals surface area contributed by atoms with Crippen LogP contribution >= 0.6 is 11.6 Å². The zero-order valence-corrected chi connectivity index (χ0v) is 10.3. The van der Waals surface area contributed by atoms with Gasteiger partial charge in [0.2, 0.25) is 5.91 Å². The maximum atomic E-state index is 11.9. The average molecular weight is 278 g/mol. The van der Waals surface area contributed by atoms with Crippen LogP contribution in [0, 0.1) is 0 Å². The number of nitrogens with one attached hydrogen (secondary N) is 1. The van der Waals surface area contributed by atoms with Crippen LogP contribution in [0.1, 0.15) is 12.5 Å². The van der Waals surface area contributed by atoms with Crippen LogP contribution in [-0.4, -0.2) is 18.6 Å². The molecular formula is C12H11ClF3NO.